The van der Waals surface area contributed by atoms with Crippen molar-refractivity contribution in [2.45, 2.75) is 26.4 Å². The fraction of sp³-hybridized carbons (Fsp3) is 0.200. The molecule has 0 saturated heterocycles. The molecule has 2 aromatic carbocycles. The fourth-order valence-electron chi connectivity index (χ4n) is 3.28. The molecule has 31 heavy (non-hydrogen) atoms. The van der Waals surface area contributed by atoms with E-state index in [1.165, 1.54) is 12.2 Å². The molecule has 0 unspecified atom stereocenters. The molecule has 0 N–H and O–H groups in total. The first-order valence-electron chi connectivity index (χ1n) is 9.93. The summed E-state index contributed by atoms with van der Waals surface area (Å²) in [6, 6.07) is 13.0. The summed E-state index contributed by atoms with van der Waals surface area (Å²) in [5, 5.41) is 0.868. The van der Waals surface area contributed by atoms with E-state index in [2.05, 4.69) is 0 Å². The van der Waals surface area contributed by atoms with Crippen LogP contribution in [0.4, 0.5) is 0 Å². The quantitative estimate of drug-likeness (QED) is 0.438. The van der Waals surface area contributed by atoms with Crippen LogP contribution in [0.5, 0.6) is 11.5 Å². The van der Waals surface area contributed by atoms with Gasteiger partial charge >= 0.3 is 5.97 Å². The van der Waals surface area contributed by atoms with Gasteiger partial charge in [0.1, 0.15) is 5.60 Å². The number of carbonyl (C=O) groups is 2. The molecule has 6 heteroatoms. The lowest BCUT2D eigenvalue weighted by Gasteiger charge is -2.17. The van der Waals surface area contributed by atoms with E-state index in [0.717, 1.165) is 22.0 Å². The van der Waals surface area contributed by atoms with Gasteiger partial charge in [-0.25, -0.2) is 4.79 Å². The van der Waals surface area contributed by atoms with Gasteiger partial charge in [0, 0.05) is 29.3 Å². The van der Waals surface area contributed by atoms with E-state index in [9.17, 15) is 9.59 Å². The maximum absolute atomic E-state index is 12.9. The molecule has 3 aromatic rings. The van der Waals surface area contributed by atoms with Crippen molar-refractivity contribution < 1.29 is 23.8 Å². The maximum Gasteiger partial charge on any atom is 0.331 e. The number of fused-ring (bicyclic) bond motifs is 2. The highest BCUT2D eigenvalue weighted by atomic mass is 16.7. The predicted molar refractivity (Wildman–Crippen MR) is 119 cm³/mol. The van der Waals surface area contributed by atoms with E-state index in [-0.39, 0.29) is 12.7 Å². The average Bonchev–Trinajstić information content (AvgIpc) is 3.33. The highest BCUT2D eigenvalue weighted by Crippen LogP contribution is 2.32. The van der Waals surface area contributed by atoms with Crippen LogP contribution in [0, 0.1) is 0 Å². The third-order valence-corrected chi connectivity index (χ3v) is 4.60. The number of hydrogen-bond donors (Lipinski definition) is 0. The van der Waals surface area contributed by atoms with Gasteiger partial charge in [0.15, 0.2) is 11.5 Å². The molecule has 1 aliphatic rings. The third-order valence-electron chi connectivity index (χ3n) is 4.60. The Labute approximate surface area is 180 Å². The number of rotatable bonds is 4. The molecule has 0 aliphatic carbocycles. The monoisotopic (exact) mass is 417 g/mol. The maximum atomic E-state index is 12.9. The second-order valence-corrected chi connectivity index (χ2v) is 8.12. The summed E-state index contributed by atoms with van der Waals surface area (Å²) in [4.78, 5) is 24.9. The van der Waals surface area contributed by atoms with Crippen LogP contribution in [0.2, 0.25) is 0 Å². The first kappa shape index (κ1) is 20.5. The third kappa shape index (κ3) is 4.69. The van der Waals surface area contributed by atoms with E-state index in [1.807, 2.05) is 63.2 Å². The number of hydrogen-bond acceptors (Lipinski definition) is 5. The predicted octanol–water partition coefficient (Wildman–Crippen LogP) is 5.08. The molecule has 1 aromatic heterocycles. The van der Waals surface area contributed by atoms with Crippen LogP contribution in [-0.4, -0.2) is 28.8 Å². The van der Waals surface area contributed by atoms with Crippen molar-refractivity contribution in [3.8, 4) is 11.5 Å². The van der Waals surface area contributed by atoms with Gasteiger partial charge in [0.25, 0.3) is 5.91 Å². The summed E-state index contributed by atoms with van der Waals surface area (Å²) in [5.74, 6) is 0.723. The van der Waals surface area contributed by atoms with Gasteiger partial charge in [-0.15, -0.1) is 0 Å². The van der Waals surface area contributed by atoms with Gasteiger partial charge in [0.2, 0.25) is 6.79 Å². The first-order chi connectivity index (χ1) is 14.8. The van der Waals surface area contributed by atoms with Crippen LogP contribution in [0.3, 0.4) is 0 Å². The van der Waals surface area contributed by atoms with Crippen molar-refractivity contribution >= 4 is 34.9 Å². The number of aromatic nitrogens is 1. The Kier molecular flexibility index (Phi) is 5.38. The van der Waals surface area contributed by atoms with E-state index < -0.39 is 11.6 Å². The number of benzene rings is 2. The standard InChI is InChI=1S/C25H23NO5/c1-25(2,3)31-24(28)13-10-18-15-26(20-7-5-4-6-19(18)20)23(27)12-9-17-8-11-21-22(14-17)30-16-29-21/h4-15H,16H2,1-3H3/b12-9+,13-10+. The van der Waals surface area contributed by atoms with Crippen LogP contribution in [0.15, 0.2) is 60.8 Å². The molecule has 2 heterocycles. The summed E-state index contributed by atoms with van der Waals surface area (Å²) in [6.45, 7) is 5.65. The van der Waals surface area contributed by atoms with Crippen molar-refractivity contribution in [1.82, 2.24) is 4.57 Å². The number of esters is 1. The second-order valence-electron chi connectivity index (χ2n) is 8.12. The van der Waals surface area contributed by atoms with Crippen LogP contribution < -0.4 is 9.47 Å². The molecule has 1 aliphatic heterocycles. The SMILES string of the molecule is CC(C)(C)OC(=O)/C=C/c1cn(C(=O)/C=C/c2ccc3c(c2)OCO3)c2ccccc12. The average molecular weight is 417 g/mol. The van der Waals surface area contributed by atoms with E-state index >= 15 is 0 Å². The molecule has 158 valence electrons. The van der Waals surface area contributed by atoms with E-state index in [0.29, 0.717) is 11.5 Å². The van der Waals surface area contributed by atoms with Gasteiger partial charge in [-0.1, -0.05) is 24.3 Å². The molecule has 0 spiro atoms. The van der Waals surface area contributed by atoms with Gasteiger partial charge in [0.05, 0.1) is 5.52 Å². The Morgan fingerprint density at radius 1 is 1.00 bits per heavy atom. The normalized spacial score (nSPS) is 13.4. The molecular formula is C25H23NO5. The van der Waals surface area contributed by atoms with Crippen molar-refractivity contribution in [1.29, 1.82) is 0 Å². The number of nitrogens with zero attached hydrogens (tertiary/aromatic N) is 1. The minimum absolute atomic E-state index is 0.203. The first-order valence-corrected chi connectivity index (χ1v) is 9.93. The van der Waals surface area contributed by atoms with Gasteiger partial charge in [-0.05, 0) is 56.7 Å². The number of carbonyl (C=O) groups excluding carboxylic acids is 2. The molecule has 0 radical (unpaired) electrons. The summed E-state index contributed by atoms with van der Waals surface area (Å²) in [7, 11) is 0. The minimum atomic E-state index is -0.565. The van der Waals surface area contributed by atoms with Gasteiger partial charge in [-0.2, -0.15) is 0 Å². The van der Waals surface area contributed by atoms with E-state index in [4.69, 9.17) is 14.2 Å². The molecule has 0 saturated carbocycles. The van der Waals surface area contributed by atoms with Crippen LogP contribution in [0.25, 0.3) is 23.1 Å². The molecule has 0 fully saturated rings. The lowest BCUT2D eigenvalue weighted by atomic mass is 10.1. The van der Waals surface area contributed by atoms with Crippen molar-refractivity contribution in [3.05, 3.63) is 71.9 Å². The number of allylic oxidation sites excluding steroid dienone is 1. The second kappa shape index (κ2) is 8.14. The summed E-state index contributed by atoms with van der Waals surface area (Å²) < 4.78 is 17.6. The van der Waals surface area contributed by atoms with Crippen molar-refractivity contribution in [2.24, 2.45) is 0 Å². The largest absolute Gasteiger partial charge is 0.457 e. The summed E-state index contributed by atoms with van der Waals surface area (Å²) in [6.07, 6.45) is 8.00. The zero-order valence-electron chi connectivity index (χ0n) is 17.6. The Bertz CT molecular complexity index is 1210. The summed E-state index contributed by atoms with van der Waals surface area (Å²) >= 11 is 0. The van der Waals surface area contributed by atoms with Gasteiger partial charge in [-0.3, -0.25) is 9.36 Å². The Balaban J connectivity index is 1.59. The van der Waals surface area contributed by atoms with Crippen molar-refractivity contribution in [2.75, 3.05) is 6.79 Å². The van der Waals surface area contributed by atoms with Crippen LogP contribution >= 0.6 is 0 Å². The van der Waals surface area contributed by atoms with Crippen LogP contribution in [0.1, 0.15) is 36.7 Å². The van der Waals surface area contributed by atoms with Crippen LogP contribution in [-0.2, 0) is 9.53 Å². The van der Waals surface area contributed by atoms with Crippen molar-refractivity contribution in [3.63, 3.8) is 0 Å². The Morgan fingerprint density at radius 3 is 2.58 bits per heavy atom. The topological polar surface area (TPSA) is 66.8 Å². The zero-order valence-corrected chi connectivity index (χ0v) is 17.6. The number of ether oxygens (including phenoxy) is 3. The molecule has 0 atom stereocenters. The van der Waals surface area contributed by atoms with E-state index in [1.54, 1.807) is 22.9 Å². The smallest absolute Gasteiger partial charge is 0.331 e. The molecule has 6 nitrogen and oxygen atoms in total. The Morgan fingerprint density at radius 2 is 1.77 bits per heavy atom. The fourth-order valence-corrected chi connectivity index (χ4v) is 3.28. The minimum Gasteiger partial charge on any atom is -0.457 e. The lowest BCUT2D eigenvalue weighted by Crippen LogP contribution is -2.22. The highest BCUT2D eigenvalue weighted by Gasteiger charge is 2.15. The molecule has 0 amide bonds. The molecular weight excluding hydrogens is 394 g/mol. The lowest BCUT2D eigenvalue weighted by molar-refractivity contribution is -0.148. The zero-order chi connectivity index (χ0) is 22.0. The molecule has 0 bridgehead atoms. The highest BCUT2D eigenvalue weighted by molar-refractivity contribution is 6.03. The Hall–Kier alpha value is -3.80. The number of para-hydroxylation sites is 1. The van der Waals surface area contributed by atoms with Gasteiger partial charge < -0.3 is 14.2 Å². The summed E-state index contributed by atoms with van der Waals surface area (Å²) in [5.41, 5.74) is 1.78. The molecule has 4 rings (SSSR count).